The summed E-state index contributed by atoms with van der Waals surface area (Å²) in [7, 11) is 0. The first-order chi connectivity index (χ1) is 24.1. The van der Waals surface area contributed by atoms with Crippen LogP contribution in [0, 0.1) is 13.8 Å². The highest BCUT2D eigenvalue weighted by Gasteiger charge is 2.31. The number of thiazole rings is 1. The van der Waals surface area contributed by atoms with Crippen molar-refractivity contribution in [1.29, 1.82) is 0 Å². The molecular formula is C36H25ClF3N7O2S. The number of ether oxygens (including phenoxy) is 1. The van der Waals surface area contributed by atoms with Crippen LogP contribution in [-0.4, -0.2) is 37.1 Å². The van der Waals surface area contributed by atoms with Crippen molar-refractivity contribution >= 4 is 29.2 Å². The van der Waals surface area contributed by atoms with Gasteiger partial charge in [0.05, 0.1) is 17.6 Å². The van der Waals surface area contributed by atoms with Crippen molar-refractivity contribution in [3.05, 3.63) is 135 Å². The maximum Gasteiger partial charge on any atom is 0.573 e. The summed E-state index contributed by atoms with van der Waals surface area (Å²) in [6.07, 6.45) is -1.62. The van der Waals surface area contributed by atoms with E-state index >= 15 is 0 Å². The van der Waals surface area contributed by atoms with Crippen molar-refractivity contribution in [2.24, 2.45) is 10.2 Å². The molecule has 7 aromatic rings. The fourth-order valence-corrected chi connectivity index (χ4v) is 6.22. The van der Waals surface area contributed by atoms with Gasteiger partial charge < -0.3 is 9.26 Å². The van der Waals surface area contributed by atoms with Gasteiger partial charge in [-0.1, -0.05) is 71.4 Å². The molecule has 3 heterocycles. The van der Waals surface area contributed by atoms with Gasteiger partial charge in [-0.05, 0) is 66.9 Å². The monoisotopic (exact) mass is 711 g/mol. The Morgan fingerprint density at radius 3 is 2.30 bits per heavy atom. The molecule has 50 heavy (non-hydrogen) atoms. The van der Waals surface area contributed by atoms with Gasteiger partial charge in [0.1, 0.15) is 23.5 Å². The molecule has 0 aliphatic carbocycles. The average molecular weight is 712 g/mol. The van der Waals surface area contributed by atoms with Gasteiger partial charge in [0.25, 0.3) is 0 Å². The maximum absolute atomic E-state index is 12.5. The fraction of sp³-hybridized carbons (Fsp3) is 0.0833. The molecule has 0 unspecified atom stereocenters. The Kier molecular flexibility index (Phi) is 8.91. The summed E-state index contributed by atoms with van der Waals surface area (Å²) in [5.74, 6) is 0.712. The Labute approximate surface area is 292 Å². The highest BCUT2D eigenvalue weighted by molar-refractivity contribution is 7.07. The first-order valence-electron chi connectivity index (χ1n) is 15.1. The van der Waals surface area contributed by atoms with Crippen molar-refractivity contribution in [3.63, 3.8) is 0 Å². The SMILES string of the molecule is Cc1cccc(C)c1-n1c(-c2cc(-c3ccc(Cl)cc3)no2)cs/c1=N\N=C\c1ccc(-c2ncn(-c3ccc(OC(F)(F)F)cc3)n2)cc1. The molecule has 0 aliphatic heterocycles. The molecule has 0 atom stereocenters. The Morgan fingerprint density at radius 1 is 0.900 bits per heavy atom. The normalized spacial score (nSPS) is 12.2. The predicted octanol–water partition coefficient (Wildman–Crippen LogP) is 9.21. The summed E-state index contributed by atoms with van der Waals surface area (Å²) in [6, 6.07) is 28.2. The van der Waals surface area contributed by atoms with E-state index in [0.29, 0.717) is 32.8 Å². The largest absolute Gasteiger partial charge is 0.573 e. The average Bonchev–Trinajstić information content (AvgIpc) is 3.86. The minimum absolute atomic E-state index is 0.316. The number of hydrogen-bond donors (Lipinski definition) is 0. The summed E-state index contributed by atoms with van der Waals surface area (Å²) in [6.45, 7) is 4.10. The van der Waals surface area contributed by atoms with E-state index in [2.05, 4.69) is 30.2 Å². The topological polar surface area (TPSA) is 95.6 Å². The van der Waals surface area contributed by atoms with Crippen LogP contribution < -0.4 is 9.54 Å². The summed E-state index contributed by atoms with van der Waals surface area (Å²) in [5, 5.41) is 20.4. The Bertz CT molecular complexity index is 2350. The molecule has 250 valence electrons. The van der Waals surface area contributed by atoms with Crippen molar-refractivity contribution in [2.45, 2.75) is 20.2 Å². The third-order valence-electron chi connectivity index (χ3n) is 7.62. The number of halogens is 4. The van der Waals surface area contributed by atoms with Crippen LogP contribution in [-0.2, 0) is 0 Å². The molecule has 0 N–H and O–H groups in total. The van der Waals surface area contributed by atoms with Crippen LogP contribution in [0.4, 0.5) is 13.2 Å². The minimum atomic E-state index is -4.76. The molecule has 0 bridgehead atoms. The molecular weight excluding hydrogens is 687 g/mol. The summed E-state index contributed by atoms with van der Waals surface area (Å²) >= 11 is 7.50. The van der Waals surface area contributed by atoms with Gasteiger partial charge in [-0.3, -0.25) is 4.57 Å². The van der Waals surface area contributed by atoms with E-state index in [9.17, 15) is 13.2 Å². The van der Waals surface area contributed by atoms with Crippen LogP contribution in [0.15, 0.2) is 123 Å². The molecule has 0 saturated heterocycles. The molecule has 0 aliphatic rings. The Hall–Kier alpha value is -5.79. The minimum Gasteiger partial charge on any atom is -0.406 e. The molecule has 0 spiro atoms. The Morgan fingerprint density at radius 2 is 1.60 bits per heavy atom. The number of rotatable bonds is 8. The number of para-hydroxylation sites is 1. The number of nitrogens with zero attached hydrogens (tertiary/aromatic N) is 7. The molecule has 7 rings (SSSR count). The standard InChI is InChI=1S/C36H25ClF3N7O2S/c1-22-4-3-5-23(2)33(22)47-31(32-18-30(45-49-32)25-10-12-27(37)13-11-25)20-50-35(47)43-42-19-24-6-8-26(9-7-24)34-41-21-46(44-34)28-14-16-29(17-15-28)48-36(38,39)40/h3-21H,1-2H3/b42-19+,43-35-. The van der Waals surface area contributed by atoms with E-state index in [1.165, 1.54) is 46.6 Å². The van der Waals surface area contributed by atoms with Gasteiger partial charge in [0.2, 0.25) is 4.80 Å². The fourth-order valence-electron chi connectivity index (χ4n) is 5.26. The molecule has 3 aromatic heterocycles. The zero-order chi connectivity index (χ0) is 34.8. The molecule has 0 radical (unpaired) electrons. The van der Waals surface area contributed by atoms with Gasteiger partial charge in [-0.2, -0.15) is 5.10 Å². The summed E-state index contributed by atoms with van der Waals surface area (Å²) in [5.41, 5.74) is 7.54. The highest BCUT2D eigenvalue weighted by atomic mass is 35.5. The number of aryl methyl sites for hydroxylation is 2. The van der Waals surface area contributed by atoms with Gasteiger partial charge in [-0.15, -0.1) is 34.7 Å². The van der Waals surface area contributed by atoms with E-state index in [4.69, 9.17) is 16.1 Å². The van der Waals surface area contributed by atoms with Crippen molar-refractivity contribution < 1.29 is 22.4 Å². The lowest BCUT2D eigenvalue weighted by Gasteiger charge is -2.13. The van der Waals surface area contributed by atoms with E-state index in [1.807, 2.05) is 96.6 Å². The van der Waals surface area contributed by atoms with Crippen LogP contribution in [0.25, 0.3) is 45.5 Å². The predicted molar refractivity (Wildman–Crippen MR) is 186 cm³/mol. The third-order valence-corrected chi connectivity index (χ3v) is 8.69. The molecule has 4 aromatic carbocycles. The number of benzene rings is 4. The molecule has 0 saturated carbocycles. The number of aromatic nitrogens is 5. The molecule has 0 amide bonds. The zero-order valence-corrected chi connectivity index (χ0v) is 27.9. The maximum atomic E-state index is 12.5. The first kappa shape index (κ1) is 32.7. The number of alkyl halides is 3. The van der Waals surface area contributed by atoms with Gasteiger partial charge >= 0.3 is 6.36 Å². The van der Waals surface area contributed by atoms with Crippen LogP contribution in [0.5, 0.6) is 5.75 Å². The van der Waals surface area contributed by atoms with Crippen molar-refractivity contribution in [2.75, 3.05) is 0 Å². The Balaban J connectivity index is 1.14. The van der Waals surface area contributed by atoms with Gasteiger partial charge in [-0.25, -0.2) is 9.67 Å². The van der Waals surface area contributed by atoms with E-state index in [-0.39, 0.29) is 5.75 Å². The zero-order valence-electron chi connectivity index (χ0n) is 26.3. The lowest BCUT2D eigenvalue weighted by Crippen LogP contribution is -2.17. The molecule has 0 fully saturated rings. The lowest BCUT2D eigenvalue weighted by atomic mass is 10.1. The van der Waals surface area contributed by atoms with E-state index in [1.54, 1.807) is 6.21 Å². The summed E-state index contributed by atoms with van der Waals surface area (Å²) < 4.78 is 50.7. The molecule has 9 nitrogen and oxygen atoms in total. The van der Waals surface area contributed by atoms with E-state index < -0.39 is 6.36 Å². The van der Waals surface area contributed by atoms with Crippen LogP contribution in [0.2, 0.25) is 5.02 Å². The quantitative estimate of drug-likeness (QED) is 0.116. The van der Waals surface area contributed by atoms with Crippen LogP contribution in [0.1, 0.15) is 16.7 Å². The second kappa shape index (κ2) is 13.6. The number of hydrogen-bond acceptors (Lipinski definition) is 8. The van der Waals surface area contributed by atoms with E-state index in [0.717, 1.165) is 39.2 Å². The third kappa shape index (κ3) is 7.14. The highest BCUT2D eigenvalue weighted by Crippen LogP contribution is 2.31. The first-order valence-corrected chi connectivity index (χ1v) is 16.3. The summed E-state index contributed by atoms with van der Waals surface area (Å²) in [4.78, 5) is 4.99. The van der Waals surface area contributed by atoms with Crippen LogP contribution in [0.3, 0.4) is 0 Å². The van der Waals surface area contributed by atoms with Crippen molar-refractivity contribution in [1.82, 2.24) is 24.5 Å². The smallest absolute Gasteiger partial charge is 0.406 e. The second-order valence-electron chi connectivity index (χ2n) is 11.1. The van der Waals surface area contributed by atoms with Crippen molar-refractivity contribution in [3.8, 4) is 51.2 Å². The van der Waals surface area contributed by atoms with Gasteiger partial charge in [0.15, 0.2) is 11.6 Å². The molecule has 14 heteroatoms. The lowest BCUT2D eigenvalue weighted by molar-refractivity contribution is -0.274. The second-order valence-corrected chi connectivity index (χ2v) is 12.4. The van der Waals surface area contributed by atoms with Crippen LogP contribution >= 0.6 is 22.9 Å². The van der Waals surface area contributed by atoms with Gasteiger partial charge in [0, 0.05) is 27.6 Å².